The van der Waals surface area contributed by atoms with Gasteiger partial charge in [0.15, 0.2) is 0 Å². The highest BCUT2D eigenvalue weighted by atomic mass is 16.5. The molecule has 0 atom stereocenters. The van der Waals surface area contributed by atoms with Crippen LogP contribution in [0.1, 0.15) is 5.56 Å². The molecule has 31 heavy (non-hydrogen) atoms. The number of ether oxygens (including phenoxy) is 1. The lowest BCUT2D eigenvalue weighted by molar-refractivity contribution is 0.306. The van der Waals surface area contributed by atoms with Crippen molar-refractivity contribution >= 4 is 0 Å². The van der Waals surface area contributed by atoms with Crippen molar-refractivity contribution in [3.8, 4) is 22.9 Å². The predicted octanol–water partition coefficient (Wildman–Crippen LogP) is 3.82. The Kier molecular flexibility index (Phi) is 6.30. The molecular weight excluding hydrogens is 392 g/mol. The molecule has 8 nitrogen and oxygen atoms in total. The third-order valence-electron chi connectivity index (χ3n) is 4.23. The van der Waals surface area contributed by atoms with Gasteiger partial charge in [0.05, 0.1) is 36.2 Å². The molecule has 0 aliphatic rings. The average molecular weight is 412 g/mol. The zero-order valence-electron chi connectivity index (χ0n) is 16.6. The first-order valence-electron chi connectivity index (χ1n) is 9.57. The molecular formula is C23H20N6O2. The van der Waals surface area contributed by atoms with Crippen molar-refractivity contribution < 1.29 is 9.84 Å². The lowest BCUT2D eigenvalue weighted by Gasteiger charge is -2.07. The Morgan fingerprint density at radius 3 is 1.61 bits per heavy atom. The number of aromatic nitrogens is 6. The van der Waals surface area contributed by atoms with Crippen LogP contribution in [-0.2, 0) is 6.61 Å². The maximum atomic E-state index is 9.00. The van der Waals surface area contributed by atoms with Gasteiger partial charge in [0.25, 0.3) is 0 Å². The SMILES string of the molecule is Oc1ccc(-n2nccn2)cc1.c1ccc(COc2ccc(-n3nccn3)cc2)cc1. The van der Waals surface area contributed by atoms with E-state index in [-0.39, 0.29) is 5.75 Å². The van der Waals surface area contributed by atoms with Gasteiger partial charge in [-0.3, -0.25) is 0 Å². The Bertz CT molecular complexity index is 1160. The Morgan fingerprint density at radius 2 is 1.10 bits per heavy atom. The van der Waals surface area contributed by atoms with Gasteiger partial charge in [0.2, 0.25) is 0 Å². The van der Waals surface area contributed by atoms with Crippen molar-refractivity contribution in [2.45, 2.75) is 6.61 Å². The van der Waals surface area contributed by atoms with Gasteiger partial charge in [-0.2, -0.15) is 30.0 Å². The fraction of sp³-hybridized carbons (Fsp3) is 0.0435. The van der Waals surface area contributed by atoms with Crippen LogP contribution in [0, 0.1) is 0 Å². The van der Waals surface area contributed by atoms with Crippen molar-refractivity contribution in [3.63, 3.8) is 0 Å². The molecule has 0 saturated carbocycles. The highest BCUT2D eigenvalue weighted by Gasteiger charge is 1.99. The molecule has 0 aliphatic heterocycles. The Hall–Kier alpha value is -4.46. The summed E-state index contributed by atoms with van der Waals surface area (Å²) in [4.78, 5) is 3.06. The molecule has 0 fully saturated rings. The van der Waals surface area contributed by atoms with Crippen molar-refractivity contribution in [2.24, 2.45) is 0 Å². The number of phenolic OH excluding ortho intramolecular Hbond substituents is 1. The standard InChI is InChI=1S/C15H13N3O.C8H7N3O/c1-2-4-13(5-3-1)12-19-15-8-6-14(7-9-15)18-16-10-11-17-18;12-8-3-1-7(2-4-8)11-9-5-6-10-11/h1-11H,12H2;1-6,12H. The second-order valence-electron chi connectivity index (χ2n) is 6.42. The Balaban J connectivity index is 0.000000166. The van der Waals surface area contributed by atoms with Crippen molar-refractivity contribution in [1.82, 2.24) is 30.0 Å². The van der Waals surface area contributed by atoms with E-state index in [1.165, 1.54) is 4.80 Å². The molecule has 0 spiro atoms. The Morgan fingerprint density at radius 1 is 0.613 bits per heavy atom. The summed E-state index contributed by atoms with van der Waals surface area (Å²) in [6, 6.07) is 24.5. The molecule has 0 bridgehead atoms. The van der Waals surface area contributed by atoms with Gasteiger partial charge in [-0.1, -0.05) is 30.3 Å². The molecule has 1 N–H and O–H groups in total. The van der Waals surface area contributed by atoms with E-state index in [2.05, 4.69) is 20.4 Å². The van der Waals surface area contributed by atoms with Crippen molar-refractivity contribution in [3.05, 3.63) is 109 Å². The summed E-state index contributed by atoms with van der Waals surface area (Å²) in [5.41, 5.74) is 2.90. The molecule has 0 radical (unpaired) electrons. The first-order chi connectivity index (χ1) is 15.3. The van der Waals surface area contributed by atoms with Crippen LogP contribution in [-0.4, -0.2) is 35.1 Å². The largest absolute Gasteiger partial charge is 0.508 e. The first-order valence-corrected chi connectivity index (χ1v) is 9.57. The van der Waals surface area contributed by atoms with Gasteiger partial charge in [0, 0.05) is 0 Å². The minimum absolute atomic E-state index is 0.242. The number of phenols is 1. The zero-order valence-corrected chi connectivity index (χ0v) is 16.6. The average Bonchev–Trinajstić information content (AvgIpc) is 3.55. The third kappa shape index (κ3) is 5.54. The molecule has 8 heteroatoms. The quantitative estimate of drug-likeness (QED) is 0.472. The van der Waals surface area contributed by atoms with Crippen LogP contribution >= 0.6 is 0 Å². The molecule has 5 aromatic rings. The van der Waals surface area contributed by atoms with Gasteiger partial charge < -0.3 is 9.84 Å². The van der Waals surface area contributed by atoms with Gasteiger partial charge in [-0.25, -0.2) is 0 Å². The van der Waals surface area contributed by atoms with Crippen molar-refractivity contribution in [2.75, 3.05) is 0 Å². The monoisotopic (exact) mass is 412 g/mol. The van der Waals surface area contributed by atoms with E-state index < -0.39 is 0 Å². The molecule has 3 aromatic carbocycles. The number of hydrogen-bond donors (Lipinski definition) is 1. The van der Waals surface area contributed by atoms with Gasteiger partial charge in [-0.05, 0) is 54.1 Å². The first kappa shape index (κ1) is 19.8. The summed E-state index contributed by atoms with van der Waals surface area (Å²) in [6.45, 7) is 0.570. The summed E-state index contributed by atoms with van der Waals surface area (Å²) < 4.78 is 5.71. The van der Waals surface area contributed by atoms with E-state index in [1.54, 1.807) is 53.8 Å². The van der Waals surface area contributed by atoms with Crippen LogP contribution in [0.4, 0.5) is 0 Å². The topological polar surface area (TPSA) is 90.9 Å². The summed E-state index contributed by atoms with van der Waals surface area (Å²) in [5, 5.41) is 25.0. The van der Waals surface area contributed by atoms with Crippen LogP contribution in [0.15, 0.2) is 104 Å². The molecule has 0 aliphatic carbocycles. The summed E-state index contributed by atoms with van der Waals surface area (Å²) in [5.74, 6) is 1.07. The number of benzene rings is 3. The third-order valence-corrected chi connectivity index (χ3v) is 4.23. The van der Waals surface area contributed by atoms with E-state index in [0.717, 1.165) is 22.7 Å². The molecule has 5 rings (SSSR count). The minimum atomic E-state index is 0.242. The zero-order chi connectivity index (χ0) is 21.3. The summed E-state index contributed by atoms with van der Waals surface area (Å²) in [7, 11) is 0. The van der Waals surface area contributed by atoms with Gasteiger partial charge >= 0.3 is 0 Å². The van der Waals surface area contributed by atoms with E-state index in [0.29, 0.717) is 6.61 Å². The van der Waals surface area contributed by atoms with Crippen LogP contribution in [0.5, 0.6) is 11.5 Å². The smallest absolute Gasteiger partial charge is 0.119 e. The normalized spacial score (nSPS) is 10.2. The maximum Gasteiger partial charge on any atom is 0.119 e. The van der Waals surface area contributed by atoms with Crippen molar-refractivity contribution in [1.29, 1.82) is 0 Å². The molecule has 0 unspecified atom stereocenters. The van der Waals surface area contributed by atoms with E-state index in [9.17, 15) is 0 Å². The second kappa shape index (κ2) is 9.84. The lowest BCUT2D eigenvalue weighted by atomic mass is 10.2. The van der Waals surface area contributed by atoms with E-state index in [1.807, 2.05) is 54.6 Å². The molecule has 2 heterocycles. The number of rotatable bonds is 5. The highest BCUT2D eigenvalue weighted by molar-refractivity contribution is 5.36. The number of hydrogen-bond acceptors (Lipinski definition) is 6. The molecule has 154 valence electrons. The van der Waals surface area contributed by atoms with Gasteiger partial charge in [-0.15, -0.1) is 0 Å². The summed E-state index contributed by atoms with van der Waals surface area (Å²) >= 11 is 0. The van der Waals surface area contributed by atoms with Crippen LogP contribution in [0.3, 0.4) is 0 Å². The Labute approximate surface area is 179 Å². The van der Waals surface area contributed by atoms with Crippen LogP contribution in [0.25, 0.3) is 11.4 Å². The van der Waals surface area contributed by atoms with Crippen LogP contribution in [0.2, 0.25) is 0 Å². The maximum absolute atomic E-state index is 9.00. The second-order valence-corrected chi connectivity index (χ2v) is 6.42. The van der Waals surface area contributed by atoms with Gasteiger partial charge in [0.1, 0.15) is 18.1 Å². The molecule has 0 amide bonds. The molecule has 0 saturated heterocycles. The minimum Gasteiger partial charge on any atom is -0.508 e. The summed E-state index contributed by atoms with van der Waals surface area (Å²) in [6.07, 6.45) is 6.51. The number of aromatic hydroxyl groups is 1. The van der Waals surface area contributed by atoms with Crippen LogP contribution < -0.4 is 4.74 Å². The van der Waals surface area contributed by atoms with E-state index in [4.69, 9.17) is 9.84 Å². The lowest BCUT2D eigenvalue weighted by Crippen LogP contribution is -1.99. The number of nitrogens with zero attached hydrogens (tertiary/aromatic N) is 6. The fourth-order valence-corrected chi connectivity index (χ4v) is 2.70. The molecule has 2 aromatic heterocycles. The fourth-order valence-electron chi connectivity index (χ4n) is 2.70. The van der Waals surface area contributed by atoms with E-state index >= 15 is 0 Å². The highest BCUT2D eigenvalue weighted by Crippen LogP contribution is 2.15. The predicted molar refractivity (Wildman–Crippen MR) is 115 cm³/mol.